The fourth-order valence-electron chi connectivity index (χ4n) is 1.21. The van der Waals surface area contributed by atoms with E-state index in [2.05, 4.69) is 11.1 Å². The molecule has 0 aliphatic carbocycles. The molecule has 0 atom stereocenters. The molecule has 0 fully saturated rings. The molecular formula is C10H20O5S. The van der Waals surface area contributed by atoms with Crippen molar-refractivity contribution >= 4 is 16.1 Å². The van der Waals surface area contributed by atoms with Gasteiger partial charge in [-0.3, -0.25) is 4.79 Å². The third-order valence-corrected chi connectivity index (χ3v) is 3.17. The number of carbonyl (C=O) groups is 1. The number of aliphatic hydroxyl groups excluding tert-OH is 1. The summed E-state index contributed by atoms with van der Waals surface area (Å²) in [5.41, 5.74) is 0. The summed E-state index contributed by atoms with van der Waals surface area (Å²) in [7, 11) is -3.88. The molecular weight excluding hydrogens is 232 g/mol. The van der Waals surface area contributed by atoms with E-state index < -0.39 is 28.4 Å². The van der Waals surface area contributed by atoms with Gasteiger partial charge in [0.05, 0.1) is 6.61 Å². The minimum atomic E-state index is -3.88. The van der Waals surface area contributed by atoms with Gasteiger partial charge in [0.2, 0.25) is 0 Å². The van der Waals surface area contributed by atoms with Gasteiger partial charge >= 0.3 is 16.1 Å². The smallest absolute Gasteiger partial charge is 0.322 e. The predicted octanol–water partition coefficient (Wildman–Crippen LogP) is 1.21. The average molecular weight is 252 g/mol. The van der Waals surface area contributed by atoms with Gasteiger partial charge in [-0.1, -0.05) is 32.6 Å². The summed E-state index contributed by atoms with van der Waals surface area (Å²) in [6.45, 7) is 1.56. The normalized spacial score (nSPS) is 11.4. The number of rotatable bonds is 9. The van der Waals surface area contributed by atoms with Crippen molar-refractivity contribution in [2.45, 2.75) is 45.4 Å². The first-order valence-corrected chi connectivity index (χ1v) is 7.15. The molecule has 0 saturated carbocycles. The Labute approximate surface area is 96.9 Å². The molecule has 0 aromatic heterocycles. The van der Waals surface area contributed by atoms with Crippen molar-refractivity contribution in [1.82, 2.24) is 0 Å². The summed E-state index contributed by atoms with van der Waals surface area (Å²) < 4.78 is 26.2. The first kappa shape index (κ1) is 15.4. The second-order valence-electron chi connectivity index (χ2n) is 3.60. The number of hydrogen-bond acceptors (Lipinski definition) is 5. The molecule has 0 heterocycles. The summed E-state index contributed by atoms with van der Waals surface area (Å²) in [6.07, 6.45) is 4.96. The molecule has 0 aliphatic heterocycles. The van der Waals surface area contributed by atoms with Crippen molar-refractivity contribution in [3.05, 3.63) is 0 Å². The van der Waals surface area contributed by atoms with Gasteiger partial charge in [0.1, 0.15) is 5.75 Å². The largest absolute Gasteiger partial charge is 0.395 e. The van der Waals surface area contributed by atoms with Gasteiger partial charge in [-0.2, -0.15) is 8.42 Å². The lowest BCUT2D eigenvalue weighted by atomic mass is 10.1. The lowest BCUT2D eigenvalue weighted by molar-refractivity contribution is -0.133. The van der Waals surface area contributed by atoms with Crippen molar-refractivity contribution in [3.8, 4) is 0 Å². The van der Waals surface area contributed by atoms with Gasteiger partial charge in [-0.05, 0) is 6.42 Å². The Balaban J connectivity index is 3.66. The van der Waals surface area contributed by atoms with E-state index in [-0.39, 0.29) is 6.42 Å². The quantitative estimate of drug-likeness (QED) is 0.493. The Kier molecular flexibility index (Phi) is 8.19. The van der Waals surface area contributed by atoms with Crippen LogP contribution in [0.3, 0.4) is 0 Å². The van der Waals surface area contributed by atoms with Crippen LogP contribution in [0.15, 0.2) is 0 Å². The van der Waals surface area contributed by atoms with Crippen LogP contribution in [0.2, 0.25) is 0 Å². The van der Waals surface area contributed by atoms with E-state index in [1.54, 1.807) is 0 Å². The third kappa shape index (κ3) is 8.67. The first-order chi connectivity index (χ1) is 7.52. The Morgan fingerprint density at radius 3 is 2.38 bits per heavy atom. The van der Waals surface area contributed by atoms with Gasteiger partial charge in [0, 0.05) is 6.42 Å². The van der Waals surface area contributed by atoms with Crippen molar-refractivity contribution in [1.29, 1.82) is 0 Å². The third-order valence-electron chi connectivity index (χ3n) is 2.05. The fourth-order valence-corrected chi connectivity index (χ4v) is 1.88. The molecule has 0 saturated heterocycles. The Morgan fingerprint density at radius 2 is 1.81 bits per heavy atom. The zero-order valence-corrected chi connectivity index (χ0v) is 10.5. The monoisotopic (exact) mass is 252 g/mol. The molecule has 0 rings (SSSR count). The minimum Gasteiger partial charge on any atom is -0.395 e. The molecule has 5 nitrogen and oxygen atoms in total. The van der Waals surface area contributed by atoms with Crippen LogP contribution in [0.5, 0.6) is 0 Å². The molecule has 0 amide bonds. The van der Waals surface area contributed by atoms with Crippen LogP contribution in [0.4, 0.5) is 0 Å². The zero-order valence-electron chi connectivity index (χ0n) is 9.65. The summed E-state index contributed by atoms with van der Waals surface area (Å²) in [4.78, 5) is 11.1. The second kappa shape index (κ2) is 8.52. The number of aliphatic hydroxyl groups is 1. The Hall–Kier alpha value is -0.620. The molecule has 0 aromatic carbocycles. The highest BCUT2D eigenvalue weighted by Gasteiger charge is 2.15. The molecule has 0 unspecified atom stereocenters. The topological polar surface area (TPSA) is 80.7 Å². The van der Waals surface area contributed by atoms with Crippen LogP contribution in [0.1, 0.15) is 45.4 Å². The molecule has 0 spiro atoms. The zero-order chi connectivity index (χ0) is 12.4. The van der Waals surface area contributed by atoms with Crippen molar-refractivity contribution < 1.29 is 22.5 Å². The van der Waals surface area contributed by atoms with E-state index in [4.69, 9.17) is 5.11 Å². The Bertz CT molecular complexity index is 284. The van der Waals surface area contributed by atoms with E-state index in [1.165, 1.54) is 0 Å². The van der Waals surface area contributed by atoms with E-state index in [0.717, 1.165) is 25.7 Å². The number of hydrogen-bond donors (Lipinski definition) is 1. The molecule has 16 heavy (non-hydrogen) atoms. The van der Waals surface area contributed by atoms with Crippen LogP contribution in [-0.2, 0) is 19.1 Å². The van der Waals surface area contributed by atoms with Crippen LogP contribution in [-0.4, -0.2) is 31.9 Å². The second-order valence-corrected chi connectivity index (χ2v) is 5.30. The molecule has 0 aliphatic rings. The SMILES string of the molecule is CCCCCCCC(=O)OS(=O)(=O)CCO. The fraction of sp³-hybridized carbons (Fsp3) is 0.900. The standard InChI is InChI=1S/C10H20O5S/c1-2-3-4-5-6-7-10(12)15-16(13,14)9-8-11/h11H,2-9H2,1H3. The molecule has 96 valence electrons. The number of unbranched alkanes of at least 4 members (excludes halogenated alkanes) is 4. The van der Waals surface area contributed by atoms with Crippen molar-refractivity contribution in [2.75, 3.05) is 12.4 Å². The summed E-state index contributed by atoms with van der Waals surface area (Å²) in [6, 6.07) is 0. The lowest BCUT2D eigenvalue weighted by Gasteiger charge is -2.03. The summed E-state index contributed by atoms with van der Waals surface area (Å²) in [5.74, 6) is -1.26. The highest BCUT2D eigenvalue weighted by molar-refractivity contribution is 7.87. The highest BCUT2D eigenvalue weighted by Crippen LogP contribution is 2.07. The van der Waals surface area contributed by atoms with Crippen LogP contribution < -0.4 is 0 Å². The maximum Gasteiger partial charge on any atom is 0.322 e. The maximum absolute atomic E-state index is 11.1. The van der Waals surface area contributed by atoms with Crippen molar-refractivity contribution in [3.63, 3.8) is 0 Å². The van der Waals surface area contributed by atoms with Crippen LogP contribution in [0, 0.1) is 0 Å². The van der Waals surface area contributed by atoms with E-state index >= 15 is 0 Å². The molecule has 0 bridgehead atoms. The molecule has 0 aromatic rings. The average Bonchev–Trinajstić information content (AvgIpc) is 2.16. The van der Waals surface area contributed by atoms with E-state index in [9.17, 15) is 13.2 Å². The summed E-state index contributed by atoms with van der Waals surface area (Å²) >= 11 is 0. The van der Waals surface area contributed by atoms with Gasteiger partial charge < -0.3 is 9.29 Å². The van der Waals surface area contributed by atoms with Gasteiger partial charge in [-0.25, -0.2) is 0 Å². The Morgan fingerprint density at radius 1 is 1.19 bits per heavy atom. The molecule has 0 radical (unpaired) electrons. The molecule has 1 N–H and O–H groups in total. The predicted molar refractivity (Wildman–Crippen MR) is 60.3 cm³/mol. The van der Waals surface area contributed by atoms with Gasteiger partial charge in [0.15, 0.2) is 0 Å². The lowest BCUT2D eigenvalue weighted by Crippen LogP contribution is -2.17. The highest BCUT2D eigenvalue weighted by atomic mass is 32.2. The van der Waals surface area contributed by atoms with Gasteiger partial charge in [0.25, 0.3) is 0 Å². The summed E-state index contributed by atoms with van der Waals surface area (Å²) in [5, 5.41) is 8.42. The van der Waals surface area contributed by atoms with Gasteiger partial charge in [-0.15, -0.1) is 0 Å². The van der Waals surface area contributed by atoms with Crippen LogP contribution in [0.25, 0.3) is 0 Å². The number of carbonyl (C=O) groups excluding carboxylic acids is 1. The van der Waals surface area contributed by atoms with E-state index in [1.807, 2.05) is 0 Å². The molecule has 6 heteroatoms. The first-order valence-electron chi connectivity index (χ1n) is 5.57. The minimum absolute atomic E-state index is 0.119. The maximum atomic E-state index is 11.1. The van der Waals surface area contributed by atoms with Crippen molar-refractivity contribution in [2.24, 2.45) is 0 Å². The van der Waals surface area contributed by atoms with Crippen LogP contribution >= 0.6 is 0 Å². The van der Waals surface area contributed by atoms with E-state index in [0.29, 0.717) is 6.42 Å².